The highest BCUT2D eigenvalue weighted by Crippen LogP contribution is 2.35. The molecule has 0 spiro atoms. The van der Waals surface area contributed by atoms with Gasteiger partial charge in [0.05, 0.1) is 0 Å². The number of aryl methyl sites for hydroxylation is 1. The summed E-state index contributed by atoms with van der Waals surface area (Å²) in [6.07, 6.45) is 5.89. The van der Waals surface area contributed by atoms with Gasteiger partial charge in [0, 0.05) is 18.5 Å². The Hall–Kier alpha value is -0.640. The fourth-order valence-electron chi connectivity index (χ4n) is 3.09. The lowest BCUT2D eigenvalue weighted by molar-refractivity contribution is 0.391. The van der Waals surface area contributed by atoms with Gasteiger partial charge in [0.1, 0.15) is 16.2 Å². The maximum Gasteiger partial charge on any atom is 0.132 e. The third-order valence-corrected chi connectivity index (χ3v) is 4.71. The Morgan fingerprint density at radius 1 is 1.32 bits per heavy atom. The largest absolute Gasteiger partial charge is 0.367 e. The minimum absolute atomic E-state index is 0.557. The molecule has 1 N–H and O–H groups in total. The van der Waals surface area contributed by atoms with Gasteiger partial charge in [-0.05, 0) is 47.0 Å². The van der Waals surface area contributed by atoms with E-state index < -0.39 is 0 Å². The van der Waals surface area contributed by atoms with Crippen molar-refractivity contribution >= 4 is 21.7 Å². The molecule has 106 valence electrons. The van der Waals surface area contributed by atoms with Crippen LogP contribution < -0.4 is 5.32 Å². The number of anilines is 1. The van der Waals surface area contributed by atoms with Crippen LogP contribution in [0.4, 0.5) is 5.82 Å². The van der Waals surface area contributed by atoms with Gasteiger partial charge in [-0.3, -0.25) is 0 Å². The molecule has 1 fully saturated rings. The quantitative estimate of drug-likeness (QED) is 0.814. The van der Waals surface area contributed by atoms with Gasteiger partial charge in [0.25, 0.3) is 0 Å². The highest BCUT2D eigenvalue weighted by atomic mass is 79.9. The normalized spacial score (nSPS) is 26.6. The predicted molar refractivity (Wildman–Crippen MR) is 83.3 cm³/mol. The molecule has 3 unspecified atom stereocenters. The Morgan fingerprint density at radius 2 is 2.11 bits per heavy atom. The zero-order valence-electron chi connectivity index (χ0n) is 12.1. The van der Waals surface area contributed by atoms with E-state index in [9.17, 15) is 0 Å². The van der Waals surface area contributed by atoms with Crippen molar-refractivity contribution in [2.45, 2.75) is 58.9 Å². The van der Waals surface area contributed by atoms with Crippen molar-refractivity contribution in [1.29, 1.82) is 0 Å². The summed E-state index contributed by atoms with van der Waals surface area (Å²) >= 11 is 3.48. The molecule has 1 heterocycles. The highest BCUT2D eigenvalue weighted by Gasteiger charge is 2.31. The maximum absolute atomic E-state index is 4.62. The second kappa shape index (κ2) is 6.69. The van der Waals surface area contributed by atoms with Crippen molar-refractivity contribution < 1.29 is 0 Å². The summed E-state index contributed by atoms with van der Waals surface area (Å²) in [7, 11) is 0. The third kappa shape index (κ3) is 3.68. The lowest BCUT2D eigenvalue weighted by Gasteiger charge is -2.21. The van der Waals surface area contributed by atoms with Crippen LogP contribution in [0.15, 0.2) is 10.7 Å². The van der Waals surface area contributed by atoms with Crippen LogP contribution in [0.1, 0.15) is 52.3 Å². The van der Waals surface area contributed by atoms with E-state index in [-0.39, 0.29) is 0 Å². The zero-order valence-corrected chi connectivity index (χ0v) is 13.7. The van der Waals surface area contributed by atoms with Gasteiger partial charge < -0.3 is 5.32 Å². The number of halogens is 1. The molecule has 1 aromatic heterocycles. The summed E-state index contributed by atoms with van der Waals surface area (Å²) in [5.74, 6) is 3.49. The number of nitrogens with one attached hydrogen (secondary N) is 1. The summed E-state index contributed by atoms with van der Waals surface area (Å²) in [5, 5.41) is 3.61. The predicted octanol–water partition coefficient (Wildman–Crippen LogP) is 4.43. The molecule has 0 radical (unpaired) electrons. The summed E-state index contributed by atoms with van der Waals surface area (Å²) in [6, 6.07) is 2.55. The topological polar surface area (TPSA) is 37.8 Å². The molecule has 1 aliphatic rings. The molecule has 0 aromatic carbocycles. The molecule has 0 amide bonds. The first-order valence-corrected chi connectivity index (χ1v) is 8.23. The van der Waals surface area contributed by atoms with E-state index in [0.29, 0.717) is 6.04 Å². The van der Waals surface area contributed by atoms with Crippen molar-refractivity contribution in [1.82, 2.24) is 9.97 Å². The summed E-state index contributed by atoms with van der Waals surface area (Å²) in [4.78, 5) is 9.03. The van der Waals surface area contributed by atoms with Crippen molar-refractivity contribution in [2.75, 3.05) is 5.32 Å². The van der Waals surface area contributed by atoms with Crippen LogP contribution in [0.2, 0.25) is 0 Å². The fourth-order valence-corrected chi connectivity index (χ4v) is 3.51. The van der Waals surface area contributed by atoms with Crippen LogP contribution in [0.25, 0.3) is 0 Å². The van der Waals surface area contributed by atoms with E-state index >= 15 is 0 Å². The smallest absolute Gasteiger partial charge is 0.132 e. The van der Waals surface area contributed by atoms with Gasteiger partial charge in [0.2, 0.25) is 0 Å². The summed E-state index contributed by atoms with van der Waals surface area (Å²) < 4.78 is 0.881. The number of aromatic nitrogens is 2. The molecule has 4 heteroatoms. The number of nitrogens with zero attached hydrogens (tertiary/aromatic N) is 2. The molecule has 1 saturated carbocycles. The van der Waals surface area contributed by atoms with Gasteiger partial charge in [-0.15, -0.1) is 0 Å². The molecule has 0 bridgehead atoms. The van der Waals surface area contributed by atoms with Crippen molar-refractivity contribution in [3.8, 4) is 0 Å². The van der Waals surface area contributed by atoms with Gasteiger partial charge in [-0.2, -0.15) is 0 Å². The van der Waals surface area contributed by atoms with E-state index in [2.05, 4.69) is 52.0 Å². The summed E-state index contributed by atoms with van der Waals surface area (Å²) in [5.41, 5.74) is 0. The van der Waals surface area contributed by atoms with Gasteiger partial charge in [-0.25, -0.2) is 9.97 Å². The Balaban J connectivity index is 2.06. The third-order valence-electron chi connectivity index (χ3n) is 4.30. The molecule has 19 heavy (non-hydrogen) atoms. The average Bonchev–Trinajstić information content (AvgIpc) is 2.70. The Bertz CT molecular complexity index is 422. The van der Waals surface area contributed by atoms with Crippen LogP contribution in [0, 0.1) is 11.8 Å². The van der Waals surface area contributed by atoms with E-state index in [1.807, 2.05) is 6.07 Å². The Labute approximate surface area is 124 Å². The second-order valence-corrected chi connectivity index (χ2v) is 6.41. The molecule has 0 saturated heterocycles. The maximum atomic E-state index is 4.62. The van der Waals surface area contributed by atoms with Gasteiger partial charge >= 0.3 is 0 Å². The summed E-state index contributed by atoms with van der Waals surface area (Å²) in [6.45, 7) is 6.81. The first-order valence-electron chi connectivity index (χ1n) is 7.44. The van der Waals surface area contributed by atoms with Crippen LogP contribution in [-0.4, -0.2) is 16.0 Å². The highest BCUT2D eigenvalue weighted by molar-refractivity contribution is 9.10. The number of rotatable bonds is 5. The van der Waals surface area contributed by atoms with Crippen LogP contribution >= 0.6 is 15.9 Å². The standard InChI is InChI=1S/C15H24BrN3/c1-4-6-14-18-13(16)9-15(19-14)17-12-8-7-11(5-2)10(12)3/h9-12H,4-8H2,1-3H3,(H,17,18,19). The first-order chi connectivity index (χ1) is 9.13. The van der Waals surface area contributed by atoms with E-state index in [1.54, 1.807) is 0 Å². The number of hydrogen-bond acceptors (Lipinski definition) is 3. The molecule has 3 atom stereocenters. The van der Waals surface area contributed by atoms with Crippen LogP contribution in [-0.2, 0) is 6.42 Å². The molecule has 3 nitrogen and oxygen atoms in total. The lowest BCUT2D eigenvalue weighted by Crippen LogP contribution is -2.25. The Kier molecular flexibility index (Phi) is 5.20. The minimum Gasteiger partial charge on any atom is -0.367 e. The van der Waals surface area contributed by atoms with Crippen molar-refractivity contribution in [3.63, 3.8) is 0 Å². The van der Waals surface area contributed by atoms with Crippen LogP contribution in [0.3, 0.4) is 0 Å². The van der Waals surface area contributed by atoms with E-state index in [1.165, 1.54) is 19.3 Å². The van der Waals surface area contributed by atoms with Gasteiger partial charge in [-0.1, -0.05) is 27.2 Å². The molecule has 1 aliphatic carbocycles. The minimum atomic E-state index is 0.557. The molecular weight excluding hydrogens is 302 g/mol. The molecule has 1 aromatic rings. The average molecular weight is 326 g/mol. The van der Waals surface area contributed by atoms with E-state index in [0.717, 1.165) is 40.9 Å². The van der Waals surface area contributed by atoms with Crippen molar-refractivity contribution in [2.24, 2.45) is 11.8 Å². The zero-order chi connectivity index (χ0) is 13.8. The number of hydrogen-bond donors (Lipinski definition) is 1. The Morgan fingerprint density at radius 3 is 2.74 bits per heavy atom. The molecule has 0 aliphatic heterocycles. The molecular formula is C15H24BrN3. The lowest BCUT2D eigenvalue weighted by atomic mass is 9.93. The van der Waals surface area contributed by atoms with Crippen LogP contribution in [0.5, 0.6) is 0 Å². The first kappa shape index (κ1) is 14.8. The van der Waals surface area contributed by atoms with Gasteiger partial charge in [0.15, 0.2) is 0 Å². The monoisotopic (exact) mass is 325 g/mol. The second-order valence-electron chi connectivity index (χ2n) is 5.60. The van der Waals surface area contributed by atoms with Crippen molar-refractivity contribution in [3.05, 3.63) is 16.5 Å². The SMILES string of the molecule is CCCc1nc(Br)cc(NC2CCC(CC)C2C)n1. The molecule has 2 rings (SSSR count). The fraction of sp³-hybridized carbons (Fsp3) is 0.733. The van der Waals surface area contributed by atoms with E-state index in [4.69, 9.17) is 0 Å².